The second-order valence-electron chi connectivity index (χ2n) is 3.98. The van der Waals surface area contributed by atoms with Crippen LogP contribution in [0.15, 0.2) is 21.0 Å². The number of anilines is 1. The Balaban J connectivity index is 2.14. The Morgan fingerprint density at radius 3 is 2.45 bits per heavy atom. The molecule has 0 unspecified atom stereocenters. The zero-order valence-corrected chi connectivity index (χ0v) is 13.2. The molecule has 0 aliphatic carbocycles. The summed E-state index contributed by atoms with van der Waals surface area (Å²) in [5, 5.41) is 11.1. The molecule has 1 aromatic carbocycles. The minimum Gasteiger partial charge on any atom is -0.495 e. The highest BCUT2D eigenvalue weighted by atomic mass is 79.9. The highest BCUT2D eigenvalue weighted by Crippen LogP contribution is 2.36. The first-order chi connectivity index (χ1) is 9.67. The van der Waals surface area contributed by atoms with Crippen molar-refractivity contribution in [2.45, 2.75) is 19.9 Å². The van der Waals surface area contributed by atoms with E-state index >= 15 is 0 Å². The van der Waals surface area contributed by atoms with Crippen LogP contribution in [0.1, 0.15) is 18.7 Å². The third-order valence-electron chi connectivity index (χ3n) is 2.72. The van der Waals surface area contributed by atoms with Crippen molar-refractivity contribution in [1.82, 2.24) is 10.2 Å². The molecule has 0 amide bonds. The molecule has 0 saturated carbocycles. The number of rotatable bonds is 6. The zero-order chi connectivity index (χ0) is 14.5. The summed E-state index contributed by atoms with van der Waals surface area (Å²) >= 11 is 3.44. The average Bonchev–Trinajstić information content (AvgIpc) is 2.93. The summed E-state index contributed by atoms with van der Waals surface area (Å²) < 4.78 is 16.8. The van der Waals surface area contributed by atoms with Crippen LogP contribution in [0.2, 0.25) is 0 Å². The lowest BCUT2D eigenvalue weighted by Gasteiger charge is -2.12. The molecule has 0 bridgehead atoms. The smallest absolute Gasteiger partial charge is 0.235 e. The normalized spacial score (nSPS) is 10.4. The molecule has 0 fully saturated rings. The van der Waals surface area contributed by atoms with Gasteiger partial charge in [-0.1, -0.05) is 6.92 Å². The molecule has 2 rings (SSSR count). The number of hydrogen-bond acceptors (Lipinski definition) is 6. The summed E-state index contributed by atoms with van der Waals surface area (Å²) in [5.41, 5.74) is 0.816. The van der Waals surface area contributed by atoms with Gasteiger partial charge in [-0.2, -0.15) is 0 Å². The molecule has 1 N–H and O–H groups in total. The van der Waals surface area contributed by atoms with Gasteiger partial charge in [0.05, 0.1) is 30.9 Å². The van der Waals surface area contributed by atoms with E-state index in [2.05, 4.69) is 31.4 Å². The van der Waals surface area contributed by atoms with Crippen LogP contribution in [0.3, 0.4) is 0 Å². The highest BCUT2D eigenvalue weighted by Gasteiger charge is 2.11. The SMILES string of the molecule is CCc1nnc(CNc2cc(Br)c(OC)cc2OC)o1. The Bertz CT molecular complexity index is 586. The van der Waals surface area contributed by atoms with Gasteiger partial charge in [-0.05, 0) is 22.0 Å². The van der Waals surface area contributed by atoms with Crippen LogP contribution < -0.4 is 14.8 Å². The molecule has 2 aromatic rings. The van der Waals surface area contributed by atoms with Gasteiger partial charge in [-0.15, -0.1) is 10.2 Å². The van der Waals surface area contributed by atoms with E-state index in [1.54, 1.807) is 20.3 Å². The van der Waals surface area contributed by atoms with Crippen LogP contribution in [0.25, 0.3) is 0 Å². The molecule has 0 atom stereocenters. The van der Waals surface area contributed by atoms with Gasteiger partial charge in [0.1, 0.15) is 11.5 Å². The van der Waals surface area contributed by atoms with Crippen LogP contribution in [-0.4, -0.2) is 24.4 Å². The largest absolute Gasteiger partial charge is 0.495 e. The van der Waals surface area contributed by atoms with Crippen molar-refractivity contribution in [3.63, 3.8) is 0 Å². The second kappa shape index (κ2) is 6.60. The van der Waals surface area contributed by atoms with Gasteiger partial charge in [0.25, 0.3) is 0 Å². The van der Waals surface area contributed by atoms with E-state index in [4.69, 9.17) is 13.9 Å². The summed E-state index contributed by atoms with van der Waals surface area (Å²) in [4.78, 5) is 0. The summed E-state index contributed by atoms with van der Waals surface area (Å²) in [6, 6.07) is 3.69. The zero-order valence-electron chi connectivity index (χ0n) is 11.6. The Hall–Kier alpha value is -1.76. The first-order valence-electron chi connectivity index (χ1n) is 6.14. The summed E-state index contributed by atoms with van der Waals surface area (Å²) in [7, 11) is 3.22. The molecular formula is C13H16BrN3O3. The van der Waals surface area contributed by atoms with Crippen LogP contribution in [-0.2, 0) is 13.0 Å². The van der Waals surface area contributed by atoms with Crippen LogP contribution in [0.4, 0.5) is 5.69 Å². The lowest BCUT2D eigenvalue weighted by atomic mass is 10.2. The van der Waals surface area contributed by atoms with E-state index in [9.17, 15) is 0 Å². The van der Waals surface area contributed by atoms with Gasteiger partial charge >= 0.3 is 0 Å². The summed E-state index contributed by atoms with van der Waals surface area (Å²) in [5.74, 6) is 2.55. The average molecular weight is 342 g/mol. The lowest BCUT2D eigenvalue weighted by Crippen LogP contribution is -2.02. The number of aryl methyl sites for hydroxylation is 1. The van der Waals surface area contributed by atoms with E-state index in [0.29, 0.717) is 29.8 Å². The number of nitrogens with zero attached hydrogens (tertiary/aromatic N) is 2. The van der Waals surface area contributed by atoms with Crippen molar-refractivity contribution >= 4 is 21.6 Å². The number of aromatic nitrogens is 2. The molecule has 20 heavy (non-hydrogen) atoms. The van der Waals surface area contributed by atoms with Crippen molar-refractivity contribution in [1.29, 1.82) is 0 Å². The number of methoxy groups -OCH3 is 2. The predicted octanol–water partition coefficient (Wildman–Crippen LogP) is 3.02. The Labute approximate surface area is 125 Å². The van der Waals surface area contributed by atoms with E-state index < -0.39 is 0 Å². The van der Waals surface area contributed by atoms with E-state index in [0.717, 1.165) is 16.6 Å². The maximum absolute atomic E-state index is 5.44. The second-order valence-corrected chi connectivity index (χ2v) is 4.84. The predicted molar refractivity (Wildman–Crippen MR) is 78.2 cm³/mol. The van der Waals surface area contributed by atoms with Gasteiger partial charge < -0.3 is 19.2 Å². The maximum Gasteiger partial charge on any atom is 0.235 e. The number of hydrogen-bond donors (Lipinski definition) is 1. The molecule has 0 aliphatic heterocycles. The van der Waals surface area contributed by atoms with E-state index in [1.807, 2.05) is 13.0 Å². The van der Waals surface area contributed by atoms with Crippen molar-refractivity contribution in [3.05, 3.63) is 28.4 Å². The van der Waals surface area contributed by atoms with Crippen molar-refractivity contribution in [3.8, 4) is 11.5 Å². The standard InChI is InChI=1S/C13H16BrN3O3/c1-4-12-16-17-13(20-12)7-15-9-5-8(14)10(18-2)6-11(9)19-3/h5-6,15H,4,7H2,1-3H3. The monoisotopic (exact) mass is 341 g/mol. The molecule has 0 saturated heterocycles. The molecule has 7 heteroatoms. The van der Waals surface area contributed by atoms with Crippen molar-refractivity contribution in [2.75, 3.05) is 19.5 Å². The minimum atomic E-state index is 0.433. The van der Waals surface area contributed by atoms with Gasteiger partial charge in [0, 0.05) is 12.5 Å². The number of ether oxygens (including phenoxy) is 2. The van der Waals surface area contributed by atoms with Crippen LogP contribution >= 0.6 is 15.9 Å². The first kappa shape index (κ1) is 14.6. The third kappa shape index (κ3) is 3.22. The highest BCUT2D eigenvalue weighted by molar-refractivity contribution is 9.10. The maximum atomic E-state index is 5.44. The van der Waals surface area contributed by atoms with Crippen molar-refractivity contribution < 1.29 is 13.9 Å². The molecular weight excluding hydrogens is 326 g/mol. The molecule has 0 spiro atoms. The fourth-order valence-electron chi connectivity index (χ4n) is 1.67. The van der Waals surface area contributed by atoms with E-state index in [1.165, 1.54) is 0 Å². The summed E-state index contributed by atoms with van der Waals surface area (Å²) in [6.45, 7) is 2.40. The molecule has 1 heterocycles. The van der Waals surface area contributed by atoms with Crippen LogP contribution in [0, 0.1) is 0 Å². The number of benzene rings is 1. The van der Waals surface area contributed by atoms with Crippen LogP contribution in [0.5, 0.6) is 11.5 Å². The fourth-order valence-corrected chi connectivity index (χ4v) is 2.18. The Kier molecular flexibility index (Phi) is 4.84. The van der Waals surface area contributed by atoms with Crippen molar-refractivity contribution in [2.24, 2.45) is 0 Å². The molecule has 6 nitrogen and oxygen atoms in total. The fraction of sp³-hybridized carbons (Fsp3) is 0.385. The minimum absolute atomic E-state index is 0.433. The number of nitrogens with one attached hydrogen (secondary N) is 1. The quantitative estimate of drug-likeness (QED) is 0.870. The molecule has 0 aliphatic rings. The summed E-state index contributed by atoms with van der Waals surface area (Å²) in [6.07, 6.45) is 0.727. The van der Waals surface area contributed by atoms with Gasteiger partial charge in [-0.3, -0.25) is 0 Å². The lowest BCUT2D eigenvalue weighted by molar-refractivity contribution is 0.393. The van der Waals surface area contributed by atoms with E-state index in [-0.39, 0.29) is 0 Å². The van der Waals surface area contributed by atoms with Gasteiger partial charge in [-0.25, -0.2) is 0 Å². The third-order valence-corrected chi connectivity index (χ3v) is 3.33. The van der Waals surface area contributed by atoms with Gasteiger partial charge in [0.15, 0.2) is 0 Å². The molecule has 1 aromatic heterocycles. The topological polar surface area (TPSA) is 69.4 Å². The molecule has 108 valence electrons. The molecule has 0 radical (unpaired) electrons. The van der Waals surface area contributed by atoms with Gasteiger partial charge in [0.2, 0.25) is 11.8 Å². The Morgan fingerprint density at radius 2 is 1.85 bits per heavy atom. The number of halogens is 1. The Morgan fingerprint density at radius 1 is 1.15 bits per heavy atom. The first-order valence-corrected chi connectivity index (χ1v) is 6.93.